The lowest BCUT2D eigenvalue weighted by Gasteiger charge is -2.32. The Hall–Kier alpha value is -3.85. The van der Waals surface area contributed by atoms with Crippen LogP contribution in [0.1, 0.15) is 31.9 Å². The summed E-state index contributed by atoms with van der Waals surface area (Å²) in [5, 5.41) is 2.89. The van der Waals surface area contributed by atoms with Gasteiger partial charge in [-0.1, -0.05) is 74.0 Å². The zero-order valence-corrected chi connectivity index (χ0v) is 23.9. The molecule has 0 aliphatic rings. The number of benzene rings is 3. The summed E-state index contributed by atoms with van der Waals surface area (Å²) in [5.41, 5.74) is 2.12. The number of sulfonamides is 1. The van der Waals surface area contributed by atoms with E-state index in [0.29, 0.717) is 12.3 Å². The van der Waals surface area contributed by atoms with Crippen LogP contribution in [0.3, 0.4) is 0 Å². The molecule has 208 valence electrons. The minimum absolute atomic E-state index is 0.0384. The molecule has 0 saturated heterocycles. The predicted molar refractivity (Wildman–Crippen MR) is 153 cm³/mol. The van der Waals surface area contributed by atoms with Crippen molar-refractivity contribution in [2.24, 2.45) is 5.92 Å². The number of amides is 2. The van der Waals surface area contributed by atoms with Crippen LogP contribution in [0.5, 0.6) is 5.75 Å². The number of anilines is 1. The molecule has 0 saturated carbocycles. The molecule has 39 heavy (non-hydrogen) atoms. The Labute approximate surface area is 231 Å². The Morgan fingerprint density at radius 1 is 0.897 bits per heavy atom. The lowest BCUT2D eigenvalue weighted by molar-refractivity contribution is -0.139. The molecular weight excluding hydrogens is 514 g/mol. The summed E-state index contributed by atoms with van der Waals surface area (Å²) in [6, 6.07) is 21.4. The molecule has 3 aromatic rings. The smallest absolute Gasteiger partial charge is 0.264 e. The number of nitrogens with zero attached hydrogens (tertiary/aromatic N) is 2. The molecule has 0 aliphatic heterocycles. The number of rotatable bonds is 12. The number of hydrogen-bond donors (Lipinski definition) is 1. The number of para-hydroxylation sites is 2. The van der Waals surface area contributed by atoms with Crippen molar-refractivity contribution in [2.75, 3.05) is 24.5 Å². The Bertz CT molecular complexity index is 1360. The molecule has 8 nitrogen and oxygen atoms in total. The van der Waals surface area contributed by atoms with Gasteiger partial charge in [0.25, 0.3) is 10.0 Å². The standard InChI is InChI=1S/C30H37N3O5S/c1-22(2)19-31-30(35)24(4)32(20-25-17-15-23(3)16-18-25)29(34)21-33(27-13-9-10-14-28(27)38-5)39(36,37)26-11-7-6-8-12-26/h6-18,22,24H,19-21H2,1-5H3,(H,31,35). The van der Waals surface area contributed by atoms with E-state index in [4.69, 9.17) is 4.74 Å². The Morgan fingerprint density at radius 2 is 1.51 bits per heavy atom. The second-order valence-electron chi connectivity index (χ2n) is 9.82. The average molecular weight is 552 g/mol. The maximum absolute atomic E-state index is 14.0. The van der Waals surface area contributed by atoms with Gasteiger partial charge in [0, 0.05) is 13.1 Å². The lowest BCUT2D eigenvalue weighted by Crippen LogP contribution is -2.51. The molecule has 0 aromatic heterocycles. The summed E-state index contributed by atoms with van der Waals surface area (Å²) in [6.45, 7) is 7.67. The highest BCUT2D eigenvalue weighted by Crippen LogP contribution is 2.32. The van der Waals surface area contributed by atoms with E-state index in [9.17, 15) is 18.0 Å². The first-order chi connectivity index (χ1) is 18.5. The molecule has 1 unspecified atom stereocenters. The van der Waals surface area contributed by atoms with E-state index in [2.05, 4.69) is 5.32 Å². The Kier molecular flexibility index (Phi) is 10.1. The molecule has 0 bridgehead atoms. The van der Waals surface area contributed by atoms with Crippen molar-refractivity contribution < 1.29 is 22.7 Å². The maximum Gasteiger partial charge on any atom is 0.264 e. The number of nitrogens with one attached hydrogen (secondary N) is 1. The summed E-state index contributed by atoms with van der Waals surface area (Å²) in [7, 11) is -2.71. The number of carbonyl (C=O) groups excluding carboxylic acids is 2. The van der Waals surface area contributed by atoms with Gasteiger partial charge in [-0.05, 0) is 49.6 Å². The average Bonchev–Trinajstić information content (AvgIpc) is 2.94. The van der Waals surface area contributed by atoms with Crippen molar-refractivity contribution in [2.45, 2.75) is 45.2 Å². The lowest BCUT2D eigenvalue weighted by atomic mass is 10.1. The normalized spacial score (nSPS) is 12.1. The van der Waals surface area contributed by atoms with Crippen molar-refractivity contribution in [3.63, 3.8) is 0 Å². The second-order valence-corrected chi connectivity index (χ2v) is 11.7. The second kappa shape index (κ2) is 13.3. The Morgan fingerprint density at radius 3 is 2.13 bits per heavy atom. The molecular formula is C30H37N3O5S. The van der Waals surface area contributed by atoms with Crippen LogP contribution in [0.15, 0.2) is 83.8 Å². The first-order valence-electron chi connectivity index (χ1n) is 12.9. The molecule has 0 radical (unpaired) electrons. The van der Waals surface area contributed by atoms with Gasteiger partial charge in [-0.2, -0.15) is 0 Å². The van der Waals surface area contributed by atoms with Crippen LogP contribution in [0.2, 0.25) is 0 Å². The summed E-state index contributed by atoms with van der Waals surface area (Å²) in [5.74, 6) is -0.288. The van der Waals surface area contributed by atoms with E-state index < -0.39 is 28.5 Å². The number of carbonyl (C=O) groups is 2. The molecule has 1 atom stereocenters. The van der Waals surface area contributed by atoms with E-state index in [0.717, 1.165) is 15.4 Å². The number of aryl methyl sites for hydroxylation is 1. The third kappa shape index (κ3) is 7.60. The van der Waals surface area contributed by atoms with Crippen LogP contribution in [0.4, 0.5) is 5.69 Å². The SMILES string of the molecule is COc1ccccc1N(CC(=O)N(Cc1ccc(C)cc1)C(C)C(=O)NCC(C)C)S(=O)(=O)c1ccccc1. The third-order valence-corrected chi connectivity index (χ3v) is 8.06. The van der Waals surface area contributed by atoms with Crippen LogP contribution in [-0.4, -0.2) is 51.4 Å². The molecule has 3 aromatic carbocycles. The van der Waals surface area contributed by atoms with Crippen molar-refractivity contribution in [3.05, 3.63) is 90.0 Å². The third-order valence-electron chi connectivity index (χ3n) is 6.29. The number of ether oxygens (including phenoxy) is 1. The zero-order chi connectivity index (χ0) is 28.6. The summed E-state index contributed by atoms with van der Waals surface area (Å²) in [6.07, 6.45) is 0. The van der Waals surface area contributed by atoms with Gasteiger partial charge in [0.1, 0.15) is 18.3 Å². The fourth-order valence-electron chi connectivity index (χ4n) is 3.99. The Balaban J connectivity index is 2.03. The van der Waals surface area contributed by atoms with Crippen molar-refractivity contribution >= 4 is 27.5 Å². The number of hydrogen-bond acceptors (Lipinski definition) is 5. The van der Waals surface area contributed by atoms with Crippen LogP contribution in [0.25, 0.3) is 0 Å². The minimum Gasteiger partial charge on any atom is -0.495 e. The molecule has 0 heterocycles. The first-order valence-corrected chi connectivity index (χ1v) is 14.3. The van der Waals surface area contributed by atoms with E-state index >= 15 is 0 Å². The topological polar surface area (TPSA) is 96.0 Å². The zero-order valence-electron chi connectivity index (χ0n) is 23.1. The highest BCUT2D eigenvalue weighted by Gasteiger charge is 2.33. The van der Waals surface area contributed by atoms with Gasteiger partial charge in [0.15, 0.2) is 0 Å². The van der Waals surface area contributed by atoms with Crippen LogP contribution in [-0.2, 0) is 26.2 Å². The maximum atomic E-state index is 14.0. The number of methoxy groups -OCH3 is 1. The van der Waals surface area contributed by atoms with Crippen molar-refractivity contribution in [1.29, 1.82) is 0 Å². The van der Waals surface area contributed by atoms with Crippen LogP contribution < -0.4 is 14.4 Å². The summed E-state index contributed by atoms with van der Waals surface area (Å²) in [4.78, 5) is 28.5. The minimum atomic E-state index is -4.16. The van der Waals surface area contributed by atoms with Crippen molar-refractivity contribution in [1.82, 2.24) is 10.2 Å². The summed E-state index contributed by atoms with van der Waals surface area (Å²) < 4.78 is 34.2. The molecule has 0 spiro atoms. The quantitative estimate of drug-likeness (QED) is 0.360. The van der Waals surface area contributed by atoms with Gasteiger partial charge in [-0.15, -0.1) is 0 Å². The molecule has 0 fully saturated rings. The highest BCUT2D eigenvalue weighted by molar-refractivity contribution is 7.92. The van der Waals surface area contributed by atoms with Gasteiger partial charge >= 0.3 is 0 Å². The van der Waals surface area contributed by atoms with E-state index in [-0.39, 0.29) is 29.0 Å². The van der Waals surface area contributed by atoms with Gasteiger partial charge in [0.05, 0.1) is 17.7 Å². The predicted octanol–water partition coefficient (Wildman–Crippen LogP) is 4.39. The van der Waals surface area contributed by atoms with Gasteiger partial charge in [0.2, 0.25) is 11.8 Å². The first kappa shape index (κ1) is 29.7. The monoisotopic (exact) mass is 551 g/mol. The van der Waals surface area contributed by atoms with Gasteiger partial charge < -0.3 is 15.0 Å². The molecule has 3 rings (SSSR count). The summed E-state index contributed by atoms with van der Waals surface area (Å²) >= 11 is 0. The largest absolute Gasteiger partial charge is 0.495 e. The van der Waals surface area contributed by atoms with Crippen molar-refractivity contribution in [3.8, 4) is 5.75 Å². The van der Waals surface area contributed by atoms with Crippen LogP contribution in [0, 0.1) is 12.8 Å². The molecule has 9 heteroatoms. The van der Waals surface area contributed by atoms with Crippen LogP contribution >= 0.6 is 0 Å². The fourth-order valence-corrected chi connectivity index (χ4v) is 5.44. The fraction of sp³-hybridized carbons (Fsp3) is 0.333. The molecule has 1 N–H and O–H groups in total. The van der Waals surface area contributed by atoms with E-state index in [1.54, 1.807) is 49.4 Å². The van der Waals surface area contributed by atoms with Gasteiger partial charge in [-0.3, -0.25) is 13.9 Å². The molecule has 2 amide bonds. The van der Waals surface area contributed by atoms with Gasteiger partial charge in [-0.25, -0.2) is 8.42 Å². The molecule has 0 aliphatic carbocycles. The van der Waals surface area contributed by atoms with E-state index in [1.807, 2.05) is 45.0 Å². The van der Waals surface area contributed by atoms with E-state index in [1.165, 1.54) is 24.1 Å². The highest BCUT2D eigenvalue weighted by atomic mass is 32.2.